The van der Waals surface area contributed by atoms with Gasteiger partial charge in [0.2, 0.25) is 5.82 Å². The second kappa shape index (κ2) is 6.48. The monoisotopic (exact) mass is 335 g/mol. The topological polar surface area (TPSA) is 108 Å². The summed E-state index contributed by atoms with van der Waals surface area (Å²) in [5.74, 6) is -4.09. The number of rotatable bonds is 5. The lowest BCUT2D eigenvalue weighted by atomic mass is 10.1. The summed E-state index contributed by atoms with van der Waals surface area (Å²) < 4.78 is 33.7. The van der Waals surface area contributed by atoms with E-state index in [1.807, 2.05) is 13.8 Å². The van der Waals surface area contributed by atoms with E-state index in [1.54, 1.807) is 4.98 Å². The number of hydroxylamine groups is 2. The van der Waals surface area contributed by atoms with Crippen LogP contribution in [0.5, 0.6) is 0 Å². The molecular formula is C13H19F2N3O5. The minimum atomic E-state index is -2.79. The van der Waals surface area contributed by atoms with Crippen molar-refractivity contribution >= 4 is 0 Å². The zero-order valence-electron chi connectivity index (χ0n) is 12.7. The maximum absolute atomic E-state index is 15.0. The molecule has 1 saturated heterocycles. The first kappa shape index (κ1) is 17.7. The number of aliphatic hydroxyl groups excluding tert-OH is 1. The van der Waals surface area contributed by atoms with Gasteiger partial charge in [-0.25, -0.2) is 9.36 Å². The Balaban J connectivity index is 2.35. The van der Waals surface area contributed by atoms with Gasteiger partial charge in [0.1, 0.15) is 6.10 Å². The molecule has 1 fully saturated rings. The highest BCUT2D eigenvalue weighted by Crippen LogP contribution is 2.37. The summed E-state index contributed by atoms with van der Waals surface area (Å²) in [6.07, 6.45) is -1.24. The highest BCUT2D eigenvalue weighted by Gasteiger charge is 2.51. The van der Waals surface area contributed by atoms with Crippen LogP contribution < -0.4 is 11.2 Å². The first-order valence-corrected chi connectivity index (χ1v) is 7.13. The Morgan fingerprint density at radius 2 is 2.22 bits per heavy atom. The van der Waals surface area contributed by atoms with Crippen molar-refractivity contribution in [3.05, 3.63) is 32.9 Å². The Labute approximate surface area is 129 Å². The van der Waals surface area contributed by atoms with Gasteiger partial charge >= 0.3 is 5.69 Å². The molecule has 23 heavy (non-hydrogen) atoms. The van der Waals surface area contributed by atoms with E-state index >= 15 is 4.39 Å². The SMILES string of the molecule is CC(C)CN(O)[C@H]1C[C@@](F)(n2cc(F)c(=O)[nH]c2=O)O[C@@H]1CO. The summed E-state index contributed by atoms with van der Waals surface area (Å²) in [4.78, 5) is 24.4. The Morgan fingerprint density at radius 1 is 1.57 bits per heavy atom. The molecule has 2 rings (SSSR count). The fraction of sp³-hybridized carbons (Fsp3) is 0.692. The van der Waals surface area contributed by atoms with Gasteiger partial charge in [0.15, 0.2) is 0 Å². The summed E-state index contributed by atoms with van der Waals surface area (Å²) in [5, 5.41) is 20.2. The van der Waals surface area contributed by atoms with Crippen LogP contribution in [0.2, 0.25) is 0 Å². The lowest BCUT2D eigenvalue weighted by Crippen LogP contribution is -2.43. The average molecular weight is 335 g/mol. The van der Waals surface area contributed by atoms with Crippen molar-refractivity contribution in [2.45, 2.75) is 38.4 Å². The van der Waals surface area contributed by atoms with Crippen molar-refractivity contribution in [1.29, 1.82) is 0 Å². The molecular weight excluding hydrogens is 316 g/mol. The lowest BCUT2D eigenvalue weighted by Gasteiger charge is -2.26. The van der Waals surface area contributed by atoms with Crippen LogP contribution in [0.4, 0.5) is 8.78 Å². The lowest BCUT2D eigenvalue weighted by molar-refractivity contribution is -0.208. The van der Waals surface area contributed by atoms with Crippen LogP contribution in [0.25, 0.3) is 0 Å². The second-order valence-electron chi connectivity index (χ2n) is 5.92. The molecule has 1 aromatic heterocycles. The highest BCUT2D eigenvalue weighted by molar-refractivity contribution is 4.95. The zero-order chi connectivity index (χ0) is 17.4. The smallest absolute Gasteiger partial charge is 0.332 e. The third kappa shape index (κ3) is 3.50. The summed E-state index contributed by atoms with van der Waals surface area (Å²) in [5.41, 5.74) is -2.46. The van der Waals surface area contributed by atoms with Crippen molar-refractivity contribution in [3.63, 3.8) is 0 Å². The van der Waals surface area contributed by atoms with Crippen LogP contribution in [0, 0.1) is 11.7 Å². The summed E-state index contributed by atoms with van der Waals surface area (Å²) >= 11 is 0. The van der Waals surface area contributed by atoms with Crippen molar-refractivity contribution in [3.8, 4) is 0 Å². The minimum absolute atomic E-state index is 0.0576. The molecule has 0 amide bonds. The van der Waals surface area contributed by atoms with Gasteiger partial charge in [-0.05, 0) is 5.92 Å². The van der Waals surface area contributed by atoms with Gasteiger partial charge in [-0.2, -0.15) is 13.8 Å². The molecule has 0 aromatic carbocycles. The molecule has 1 aliphatic rings. The quantitative estimate of drug-likeness (QED) is 0.641. The molecule has 10 heteroatoms. The van der Waals surface area contributed by atoms with Crippen LogP contribution in [0.15, 0.2) is 15.8 Å². The van der Waals surface area contributed by atoms with Crippen molar-refractivity contribution in [2.75, 3.05) is 13.2 Å². The molecule has 0 bridgehead atoms. The number of aromatic nitrogens is 2. The number of halogens is 2. The number of ether oxygens (including phenoxy) is 1. The zero-order valence-corrected chi connectivity index (χ0v) is 12.7. The van der Waals surface area contributed by atoms with Crippen molar-refractivity contribution in [2.24, 2.45) is 5.92 Å². The molecule has 0 radical (unpaired) electrons. The van der Waals surface area contributed by atoms with Gasteiger partial charge in [-0.3, -0.25) is 9.78 Å². The van der Waals surface area contributed by atoms with E-state index in [2.05, 4.69) is 0 Å². The van der Waals surface area contributed by atoms with Crippen LogP contribution in [0.3, 0.4) is 0 Å². The Morgan fingerprint density at radius 3 is 2.78 bits per heavy atom. The fourth-order valence-corrected chi connectivity index (χ4v) is 2.56. The van der Waals surface area contributed by atoms with E-state index < -0.39 is 48.2 Å². The van der Waals surface area contributed by atoms with E-state index in [0.717, 1.165) is 5.06 Å². The largest absolute Gasteiger partial charge is 0.394 e. The van der Waals surface area contributed by atoms with Crippen LogP contribution in [-0.2, 0) is 10.7 Å². The number of hydrogen-bond acceptors (Lipinski definition) is 6. The molecule has 130 valence electrons. The predicted molar refractivity (Wildman–Crippen MR) is 74.1 cm³/mol. The highest BCUT2D eigenvalue weighted by atomic mass is 19.2. The number of alkyl halides is 1. The maximum Gasteiger partial charge on any atom is 0.332 e. The molecule has 0 saturated carbocycles. The molecule has 2 heterocycles. The molecule has 8 nitrogen and oxygen atoms in total. The predicted octanol–water partition coefficient (Wildman–Crippen LogP) is -0.247. The number of H-pyrrole nitrogens is 1. The van der Waals surface area contributed by atoms with Crippen LogP contribution in [-0.4, -0.2) is 50.2 Å². The van der Waals surface area contributed by atoms with Crippen molar-refractivity contribution < 1.29 is 23.8 Å². The maximum atomic E-state index is 15.0. The molecule has 3 atom stereocenters. The normalized spacial score (nSPS) is 28.0. The van der Waals surface area contributed by atoms with E-state index in [1.165, 1.54) is 0 Å². The first-order valence-electron chi connectivity index (χ1n) is 7.13. The van der Waals surface area contributed by atoms with Gasteiger partial charge in [0.25, 0.3) is 11.5 Å². The van der Waals surface area contributed by atoms with Crippen LogP contribution >= 0.6 is 0 Å². The number of nitrogens with one attached hydrogen (secondary N) is 1. The molecule has 1 aromatic rings. The van der Waals surface area contributed by atoms with E-state index in [-0.39, 0.29) is 17.0 Å². The van der Waals surface area contributed by atoms with Gasteiger partial charge in [0, 0.05) is 13.0 Å². The Kier molecular flexibility index (Phi) is 4.99. The van der Waals surface area contributed by atoms with E-state index in [4.69, 9.17) is 4.74 Å². The number of hydrogen-bond donors (Lipinski definition) is 3. The number of nitrogens with zero attached hydrogens (tertiary/aromatic N) is 2. The Hall–Kier alpha value is -1.62. The first-order chi connectivity index (χ1) is 10.7. The van der Waals surface area contributed by atoms with Gasteiger partial charge in [0.05, 0.1) is 18.8 Å². The third-order valence-electron chi connectivity index (χ3n) is 3.60. The molecule has 3 N–H and O–H groups in total. The second-order valence-corrected chi connectivity index (χ2v) is 5.92. The van der Waals surface area contributed by atoms with Gasteiger partial charge in [-0.15, -0.1) is 0 Å². The number of aliphatic hydroxyl groups is 1. The molecule has 0 aliphatic carbocycles. The fourth-order valence-electron chi connectivity index (χ4n) is 2.56. The van der Waals surface area contributed by atoms with Gasteiger partial charge in [-0.1, -0.05) is 13.8 Å². The standard InChI is InChI=1S/C13H19F2N3O5/c1-7(2)4-18(22)9-3-13(15,23-10(9)6-19)17-5-8(14)11(20)16-12(17)21/h5,7,9-10,19,22H,3-4,6H2,1-2H3,(H,16,20,21)/t9-,10+,13+/m0/s1. The Bertz CT molecular complexity index is 676. The van der Waals surface area contributed by atoms with Gasteiger partial charge < -0.3 is 15.1 Å². The average Bonchev–Trinajstić information content (AvgIpc) is 2.80. The van der Waals surface area contributed by atoms with Crippen molar-refractivity contribution in [1.82, 2.24) is 14.6 Å². The van der Waals surface area contributed by atoms with E-state index in [0.29, 0.717) is 6.20 Å². The summed E-state index contributed by atoms with van der Waals surface area (Å²) in [6.45, 7) is 3.25. The minimum Gasteiger partial charge on any atom is -0.394 e. The summed E-state index contributed by atoms with van der Waals surface area (Å²) in [7, 11) is 0. The molecule has 0 spiro atoms. The molecule has 0 unspecified atom stereocenters. The molecule has 1 aliphatic heterocycles. The summed E-state index contributed by atoms with van der Waals surface area (Å²) in [6, 6.07) is -0.936. The third-order valence-corrected chi connectivity index (χ3v) is 3.60. The number of aromatic amines is 1. The van der Waals surface area contributed by atoms with E-state index in [9.17, 15) is 24.3 Å². The van der Waals surface area contributed by atoms with Crippen LogP contribution in [0.1, 0.15) is 20.3 Å².